The van der Waals surface area contributed by atoms with Crippen LogP contribution in [0.5, 0.6) is 0 Å². The van der Waals surface area contributed by atoms with Crippen LogP contribution in [-0.2, 0) is 9.47 Å². The summed E-state index contributed by atoms with van der Waals surface area (Å²) in [5.74, 6) is 3.02. The van der Waals surface area contributed by atoms with Gasteiger partial charge in [-0.15, -0.1) is 6.42 Å². The maximum Gasteiger partial charge on any atom is 0.318 e. The molecule has 1 N–H and O–H groups in total. The Morgan fingerprint density at radius 1 is 1.36 bits per heavy atom. The third-order valence-electron chi connectivity index (χ3n) is 5.40. The number of terminal acetylenes is 1. The average Bonchev–Trinajstić information content (AvgIpc) is 3.14. The highest BCUT2D eigenvalue weighted by atomic mass is 16.5. The van der Waals surface area contributed by atoms with Crippen molar-refractivity contribution in [1.82, 2.24) is 10.2 Å². The minimum Gasteiger partial charge on any atom is -0.377 e. The van der Waals surface area contributed by atoms with E-state index in [0.29, 0.717) is 19.0 Å². The van der Waals surface area contributed by atoms with E-state index in [1.807, 2.05) is 0 Å². The second kappa shape index (κ2) is 6.10. The topological polar surface area (TPSA) is 50.8 Å². The van der Waals surface area contributed by atoms with Gasteiger partial charge < -0.3 is 19.7 Å². The Balaban J connectivity index is 1.60. The smallest absolute Gasteiger partial charge is 0.318 e. The second-order valence-corrected chi connectivity index (χ2v) is 7.21. The summed E-state index contributed by atoms with van der Waals surface area (Å²) in [6, 6.07) is 0.0918. The first kappa shape index (κ1) is 15.6. The van der Waals surface area contributed by atoms with Crippen LogP contribution in [0.25, 0.3) is 0 Å². The number of nitrogens with zero attached hydrogens (tertiary/aromatic N) is 1. The molecule has 2 saturated heterocycles. The van der Waals surface area contributed by atoms with Crippen molar-refractivity contribution in [3.05, 3.63) is 0 Å². The molecule has 0 aromatic carbocycles. The molecule has 3 aliphatic rings. The molecule has 2 heterocycles. The number of carbonyl (C=O) groups is 1. The summed E-state index contributed by atoms with van der Waals surface area (Å²) in [6.45, 7) is 6.81. The highest BCUT2D eigenvalue weighted by Gasteiger charge is 2.60. The predicted molar refractivity (Wildman–Crippen MR) is 83.3 cm³/mol. The Labute approximate surface area is 132 Å². The summed E-state index contributed by atoms with van der Waals surface area (Å²) in [5, 5.41) is 3.19. The summed E-state index contributed by atoms with van der Waals surface area (Å²) < 4.78 is 11.4. The van der Waals surface area contributed by atoms with E-state index in [1.54, 1.807) is 4.90 Å². The van der Waals surface area contributed by atoms with E-state index in [4.69, 9.17) is 15.9 Å². The maximum absolute atomic E-state index is 12.6. The fourth-order valence-electron chi connectivity index (χ4n) is 4.21. The molecule has 1 saturated carbocycles. The zero-order valence-electron chi connectivity index (χ0n) is 13.5. The number of nitrogens with one attached hydrogen (secondary N) is 1. The number of rotatable bonds is 4. The van der Waals surface area contributed by atoms with Gasteiger partial charge in [-0.1, -0.05) is 19.8 Å². The normalized spacial score (nSPS) is 35.3. The molecule has 0 aromatic heterocycles. The second-order valence-electron chi connectivity index (χ2n) is 7.21. The van der Waals surface area contributed by atoms with Crippen LogP contribution < -0.4 is 5.32 Å². The van der Waals surface area contributed by atoms with Crippen LogP contribution in [0, 0.1) is 23.7 Å². The molecule has 5 nitrogen and oxygen atoms in total. The minimum atomic E-state index is -0.0723. The molecular formula is C17H26N2O3. The van der Waals surface area contributed by atoms with Gasteiger partial charge in [0.15, 0.2) is 0 Å². The van der Waals surface area contributed by atoms with Crippen molar-refractivity contribution in [2.45, 2.75) is 51.4 Å². The largest absolute Gasteiger partial charge is 0.377 e. The number of hydrogen-bond acceptors (Lipinski definition) is 3. The van der Waals surface area contributed by atoms with E-state index < -0.39 is 0 Å². The Morgan fingerprint density at radius 2 is 2.18 bits per heavy atom. The average molecular weight is 306 g/mol. The summed E-state index contributed by atoms with van der Waals surface area (Å²) in [6.07, 6.45) is 8.91. The number of fused-ring (bicyclic) bond motifs is 1. The van der Waals surface area contributed by atoms with E-state index in [2.05, 4.69) is 25.1 Å². The lowest BCUT2D eigenvalue weighted by molar-refractivity contribution is -0.109. The van der Waals surface area contributed by atoms with Crippen molar-refractivity contribution < 1.29 is 14.3 Å². The van der Waals surface area contributed by atoms with Gasteiger partial charge in [0.1, 0.15) is 0 Å². The molecule has 4 unspecified atom stereocenters. The third-order valence-corrected chi connectivity index (χ3v) is 5.40. The number of ether oxygens (including phenoxy) is 2. The molecular weight excluding hydrogens is 280 g/mol. The molecule has 0 spiro atoms. The van der Waals surface area contributed by atoms with Crippen molar-refractivity contribution in [2.75, 3.05) is 26.3 Å². The van der Waals surface area contributed by atoms with Crippen LogP contribution in [-0.4, -0.2) is 55.5 Å². The van der Waals surface area contributed by atoms with Crippen molar-refractivity contribution >= 4 is 6.03 Å². The highest BCUT2D eigenvalue weighted by molar-refractivity contribution is 5.75. The molecule has 3 fully saturated rings. The summed E-state index contributed by atoms with van der Waals surface area (Å²) >= 11 is 0. The molecule has 3 rings (SSSR count). The zero-order chi connectivity index (χ0) is 15.7. The molecule has 5 heteroatoms. The SMILES string of the molecule is C#CCN(CC1CCCO1)C(=O)NC1C2CCOC2C1(C)C. The molecule has 0 aromatic rings. The summed E-state index contributed by atoms with van der Waals surface area (Å²) in [5.41, 5.74) is -0.0114. The zero-order valence-corrected chi connectivity index (χ0v) is 13.5. The van der Waals surface area contributed by atoms with Crippen LogP contribution in [0.15, 0.2) is 0 Å². The first-order chi connectivity index (χ1) is 10.5. The minimum absolute atomic E-state index is 0.0114. The number of hydrogen-bond donors (Lipinski definition) is 1. The van der Waals surface area contributed by atoms with Gasteiger partial charge in [0.2, 0.25) is 0 Å². The highest BCUT2D eigenvalue weighted by Crippen LogP contribution is 2.52. The quantitative estimate of drug-likeness (QED) is 0.803. The molecule has 0 radical (unpaired) electrons. The first-order valence-corrected chi connectivity index (χ1v) is 8.26. The van der Waals surface area contributed by atoms with Gasteiger partial charge in [-0.25, -0.2) is 4.79 Å². The Hall–Kier alpha value is -1.25. The number of amides is 2. The van der Waals surface area contributed by atoms with Crippen LogP contribution in [0.2, 0.25) is 0 Å². The Bertz CT molecular complexity index is 465. The van der Waals surface area contributed by atoms with Gasteiger partial charge in [-0.3, -0.25) is 0 Å². The molecule has 22 heavy (non-hydrogen) atoms. The van der Waals surface area contributed by atoms with Gasteiger partial charge >= 0.3 is 6.03 Å². The molecule has 1 aliphatic carbocycles. The molecule has 4 atom stereocenters. The van der Waals surface area contributed by atoms with Crippen molar-refractivity contribution in [1.29, 1.82) is 0 Å². The van der Waals surface area contributed by atoms with Crippen molar-refractivity contribution in [3.8, 4) is 12.3 Å². The van der Waals surface area contributed by atoms with Crippen LogP contribution in [0.3, 0.4) is 0 Å². The van der Waals surface area contributed by atoms with Gasteiger partial charge in [0, 0.05) is 37.1 Å². The first-order valence-electron chi connectivity index (χ1n) is 8.26. The lowest BCUT2D eigenvalue weighted by atomic mass is 9.57. The van der Waals surface area contributed by atoms with E-state index in [1.165, 1.54) is 0 Å². The van der Waals surface area contributed by atoms with E-state index in [-0.39, 0.29) is 29.7 Å². The predicted octanol–water partition coefficient (Wildman–Crippen LogP) is 1.62. The van der Waals surface area contributed by atoms with Gasteiger partial charge in [0.25, 0.3) is 0 Å². The molecule has 122 valence electrons. The summed E-state index contributed by atoms with van der Waals surface area (Å²) in [4.78, 5) is 14.3. The van der Waals surface area contributed by atoms with Gasteiger partial charge in [0.05, 0.1) is 18.8 Å². The third kappa shape index (κ3) is 2.70. The van der Waals surface area contributed by atoms with E-state index in [9.17, 15) is 4.79 Å². The van der Waals surface area contributed by atoms with E-state index in [0.717, 1.165) is 32.5 Å². The Morgan fingerprint density at radius 3 is 2.86 bits per heavy atom. The number of carbonyl (C=O) groups excluding carboxylic acids is 1. The fraction of sp³-hybridized carbons (Fsp3) is 0.824. The molecule has 0 bridgehead atoms. The molecule has 2 aliphatic heterocycles. The lowest BCUT2D eigenvalue weighted by Gasteiger charge is -2.54. The molecule has 2 amide bonds. The van der Waals surface area contributed by atoms with E-state index >= 15 is 0 Å². The lowest BCUT2D eigenvalue weighted by Crippen LogP contribution is -2.68. The maximum atomic E-state index is 12.6. The van der Waals surface area contributed by atoms with Crippen molar-refractivity contribution in [3.63, 3.8) is 0 Å². The van der Waals surface area contributed by atoms with Gasteiger partial charge in [-0.05, 0) is 19.3 Å². The van der Waals surface area contributed by atoms with Gasteiger partial charge in [-0.2, -0.15) is 0 Å². The number of urea groups is 1. The van der Waals surface area contributed by atoms with Crippen LogP contribution in [0.4, 0.5) is 4.79 Å². The van der Waals surface area contributed by atoms with Crippen LogP contribution in [0.1, 0.15) is 33.1 Å². The monoisotopic (exact) mass is 306 g/mol. The fourth-order valence-corrected chi connectivity index (χ4v) is 4.21. The Kier molecular flexibility index (Phi) is 4.33. The van der Waals surface area contributed by atoms with Crippen molar-refractivity contribution in [2.24, 2.45) is 11.3 Å². The summed E-state index contributed by atoms with van der Waals surface area (Å²) in [7, 11) is 0. The van der Waals surface area contributed by atoms with Crippen LogP contribution >= 0.6 is 0 Å². The standard InChI is InChI=1S/C17H26N2O3/c1-4-8-19(11-12-6-5-9-21-12)16(20)18-14-13-7-10-22-15(13)17(14,2)3/h1,12-15H,5-11H2,2-3H3,(H,18,20).